The number of carbonyl (C=O) groups is 1. The van der Waals surface area contributed by atoms with E-state index in [1.807, 2.05) is 0 Å². The minimum Gasteiger partial charge on any atom is -0.460 e. The van der Waals surface area contributed by atoms with E-state index in [-0.39, 0.29) is 13.0 Å². The standard InChI is InChI=1S/C12H16N2O6/c1-6-4-14(12(18)13-11(6)17)10-3-8(19-7(2)16)9(5-15)20-10/h4,8-10,15H,3,5H2,1-2H3,(H,13,17,18)/t8?,9-,10-/m1/s1. The molecule has 0 saturated carbocycles. The monoisotopic (exact) mass is 284 g/mol. The van der Waals surface area contributed by atoms with Crippen LogP contribution < -0.4 is 11.2 Å². The summed E-state index contributed by atoms with van der Waals surface area (Å²) in [6.45, 7) is 2.50. The fourth-order valence-corrected chi connectivity index (χ4v) is 2.17. The molecule has 2 heterocycles. The SMILES string of the molecule is CC(=O)OC1C[C@H](n2cc(C)c(=O)[nH]c2=O)O[C@@H]1CO. The number of aliphatic hydroxyl groups is 1. The van der Waals surface area contributed by atoms with Crippen LogP contribution in [0.3, 0.4) is 0 Å². The first-order valence-electron chi connectivity index (χ1n) is 6.18. The van der Waals surface area contributed by atoms with E-state index in [4.69, 9.17) is 9.47 Å². The quantitative estimate of drug-likeness (QED) is 0.693. The summed E-state index contributed by atoms with van der Waals surface area (Å²) in [6, 6.07) is 0. The summed E-state index contributed by atoms with van der Waals surface area (Å²) in [7, 11) is 0. The van der Waals surface area contributed by atoms with Gasteiger partial charge in [-0.1, -0.05) is 0 Å². The highest BCUT2D eigenvalue weighted by Crippen LogP contribution is 2.29. The molecule has 1 unspecified atom stereocenters. The van der Waals surface area contributed by atoms with E-state index < -0.39 is 35.7 Å². The van der Waals surface area contributed by atoms with E-state index in [1.54, 1.807) is 6.92 Å². The average molecular weight is 284 g/mol. The molecule has 1 aliphatic rings. The Bertz CT molecular complexity index is 619. The summed E-state index contributed by atoms with van der Waals surface area (Å²) in [5, 5.41) is 9.22. The zero-order valence-corrected chi connectivity index (χ0v) is 11.2. The Hall–Kier alpha value is -1.93. The lowest BCUT2D eigenvalue weighted by molar-refractivity contribution is -0.150. The number of esters is 1. The Kier molecular flexibility index (Phi) is 4.05. The van der Waals surface area contributed by atoms with Crippen LogP contribution in [-0.2, 0) is 14.3 Å². The molecule has 0 radical (unpaired) electrons. The van der Waals surface area contributed by atoms with Crippen LogP contribution in [0.5, 0.6) is 0 Å². The summed E-state index contributed by atoms with van der Waals surface area (Å²) in [5.41, 5.74) is -0.699. The van der Waals surface area contributed by atoms with E-state index in [2.05, 4.69) is 4.98 Å². The normalized spacial score (nSPS) is 25.6. The van der Waals surface area contributed by atoms with Crippen molar-refractivity contribution in [1.29, 1.82) is 0 Å². The van der Waals surface area contributed by atoms with Gasteiger partial charge in [0, 0.05) is 25.1 Å². The van der Waals surface area contributed by atoms with Crippen LogP contribution in [0, 0.1) is 6.92 Å². The first-order valence-corrected chi connectivity index (χ1v) is 6.18. The Morgan fingerprint density at radius 2 is 2.30 bits per heavy atom. The highest BCUT2D eigenvalue weighted by Gasteiger charge is 2.38. The number of rotatable bonds is 3. The maximum absolute atomic E-state index is 11.8. The highest BCUT2D eigenvalue weighted by atomic mass is 16.6. The number of ether oxygens (including phenoxy) is 2. The molecular weight excluding hydrogens is 268 g/mol. The Morgan fingerprint density at radius 3 is 2.90 bits per heavy atom. The van der Waals surface area contributed by atoms with Gasteiger partial charge in [0.15, 0.2) is 0 Å². The number of aromatic amines is 1. The van der Waals surface area contributed by atoms with Crippen LogP contribution in [0.4, 0.5) is 0 Å². The summed E-state index contributed by atoms with van der Waals surface area (Å²) < 4.78 is 11.8. The molecule has 8 heteroatoms. The third kappa shape index (κ3) is 2.81. The first-order chi connectivity index (χ1) is 9.42. The molecule has 110 valence electrons. The van der Waals surface area contributed by atoms with Crippen molar-refractivity contribution in [2.24, 2.45) is 0 Å². The van der Waals surface area contributed by atoms with E-state index >= 15 is 0 Å². The van der Waals surface area contributed by atoms with Gasteiger partial charge in [-0.15, -0.1) is 0 Å². The van der Waals surface area contributed by atoms with Crippen LogP contribution >= 0.6 is 0 Å². The topological polar surface area (TPSA) is 111 Å². The number of nitrogens with zero attached hydrogens (tertiary/aromatic N) is 1. The van der Waals surface area contributed by atoms with E-state index in [1.165, 1.54) is 17.7 Å². The van der Waals surface area contributed by atoms with Crippen molar-refractivity contribution in [2.75, 3.05) is 6.61 Å². The minimum atomic E-state index is -0.695. The lowest BCUT2D eigenvalue weighted by Crippen LogP contribution is -2.33. The van der Waals surface area contributed by atoms with Gasteiger partial charge < -0.3 is 14.6 Å². The number of nitrogens with one attached hydrogen (secondary N) is 1. The van der Waals surface area contributed by atoms with Crippen LogP contribution in [0.25, 0.3) is 0 Å². The predicted molar refractivity (Wildman–Crippen MR) is 67.2 cm³/mol. The summed E-state index contributed by atoms with van der Waals surface area (Å²) >= 11 is 0. The number of aromatic nitrogens is 2. The second kappa shape index (κ2) is 5.59. The van der Waals surface area contributed by atoms with Crippen LogP contribution in [0.1, 0.15) is 25.1 Å². The van der Waals surface area contributed by atoms with Gasteiger partial charge in [0.25, 0.3) is 5.56 Å². The van der Waals surface area contributed by atoms with E-state index in [9.17, 15) is 19.5 Å². The molecule has 1 aliphatic heterocycles. The zero-order chi connectivity index (χ0) is 14.9. The smallest absolute Gasteiger partial charge is 0.330 e. The molecule has 0 spiro atoms. The Labute approximate surface area is 114 Å². The molecular formula is C12H16N2O6. The molecule has 1 fully saturated rings. The van der Waals surface area contributed by atoms with Gasteiger partial charge in [0.2, 0.25) is 0 Å². The number of hydrogen-bond acceptors (Lipinski definition) is 6. The number of hydrogen-bond donors (Lipinski definition) is 2. The summed E-state index contributed by atoms with van der Waals surface area (Å²) in [4.78, 5) is 36.2. The van der Waals surface area contributed by atoms with Crippen molar-refractivity contribution in [1.82, 2.24) is 9.55 Å². The van der Waals surface area contributed by atoms with E-state index in [0.717, 1.165) is 0 Å². The number of carbonyl (C=O) groups excluding carboxylic acids is 1. The fraction of sp³-hybridized carbons (Fsp3) is 0.583. The molecule has 1 aromatic heterocycles. The van der Waals surface area contributed by atoms with Crippen molar-refractivity contribution in [3.05, 3.63) is 32.6 Å². The third-order valence-electron chi connectivity index (χ3n) is 3.13. The van der Waals surface area contributed by atoms with Crippen molar-refractivity contribution < 1.29 is 19.4 Å². The lowest BCUT2D eigenvalue weighted by atomic mass is 10.2. The van der Waals surface area contributed by atoms with Crippen LogP contribution in [0.15, 0.2) is 15.8 Å². The largest absolute Gasteiger partial charge is 0.460 e. The second-order valence-electron chi connectivity index (χ2n) is 4.67. The van der Waals surface area contributed by atoms with Gasteiger partial charge in [-0.2, -0.15) is 0 Å². The molecule has 0 bridgehead atoms. The summed E-state index contributed by atoms with van der Waals surface area (Å²) in [6.07, 6.45) is -0.392. The van der Waals surface area contributed by atoms with Gasteiger partial charge in [0.1, 0.15) is 18.4 Å². The number of H-pyrrole nitrogens is 1. The van der Waals surface area contributed by atoms with E-state index in [0.29, 0.717) is 5.56 Å². The Balaban J connectivity index is 2.27. The molecule has 0 amide bonds. The van der Waals surface area contributed by atoms with Gasteiger partial charge in [0.05, 0.1) is 6.61 Å². The Morgan fingerprint density at radius 1 is 1.60 bits per heavy atom. The van der Waals surface area contributed by atoms with Crippen molar-refractivity contribution in [2.45, 2.75) is 38.7 Å². The van der Waals surface area contributed by atoms with Crippen molar-refractivity contribution in [3.63, 3.8) is 0 Å². The first kappa shape index (κ1) is 14.5. The molecule has 3 atom stereocenters. The molecule has 2 rings (SSSR count). The predicted octanol–water partition coefficient (Wildman–Crippen LogP) is -0.943. The van der Waals surface area contributed by atoms with Gasteiger partial charge >= 0.3 is 11.7 Å². The van der Waals surface area contributed by atoms with Crippen molar-refractivity contribution >= 4 is 5.97 Å². The third-order valence-corrected chi connectivity index (χ3v) is 3.13. The van der Waals surface area contributed by atoms with Crippen molar-refractivity contribution in [3.8, 4) is 0 Å². The average Bonchev–Trinajstić information content (AvgIpc) is 2.75. The van der Waals surface area contributed by atoms with Gasteiger partial charge in [-0.3, -0.25) is 19.1 Å². The maximum atomic E-state index is 11.8. The minimum absolute atomic E-state index is 0.232. The zero-order valence-electron chi connectivity index (χ0n) is 11.2. The van der Waals surface area contributed by atoms with Crippen LogP contribution in [-0.4, -0.2) is 39.4 Å². The van der Waals surface area contributed by atoms with Gasteiger partial charge in [-0.05, 0) is 6.92 Å². The molecule has 0 aliphatic carbocycles. The van der Waals surface area contributed by atoms with Gasteiger partial charge in [-0.25, -0.2) is 4.79 Å². The second-order valence-corrected chi connectivity index (χ2v) is 4.67. The number of aliphatic hydroxyl groups excluding tert-OH is 1. The summed E-state index contributed by atoms with van der Waals surface area (Å²) in [5.74, 6) is -0.484. The molecule has 2 N–H and O–H groups in total. The molecule has 0 aromatic carbocycles. The maximum Gasteiger partial charge on any atom is 0.330 e. The van der Waals surface area contributed by atoms with Crippen LogP contribution in [0.2, 0.25) is 0 Å². The lowest BCUT2D eigenvalue weighted by Gasteiger charge is -2.15. The number of aryl methyl sites for hydroxylation is 1. The molecule has 20 heavy (non-hydrogen) atoms. The molecule has 8 nitrogen and oxygen atoms in total. The highest BCUT2D eigenvalue weighted by molar-refractivity contribution is 5.66. The molecule has 1 aromatic rings. The fourth-order valence-electron chi connectivity index (χ4n) is 2.17. The molecule has 1 saturated heterocycles.